The van der Waals surface area contributed by atoms with Crippen molar-refractivity contribution in [2.45, 2.75) is 18.2 Å². The van der Waals surface area contributed by atoms with Crippen LogP contribution >= 0.6 is 27.7 Å². The fourth-order valence-electron chi connectivity index (χ4n) is 2.99. The van der Waals surface area contributed by atoms with Crippen LogP contribution < -0.4 is 4.74 Å². The lowest BCUT2D eigenvalue weighted by Crippen LogP contribution is -2.09. The summed E-state index contributed by atoms with van der Waals surface area (Å²) in [6.45, 7) is 1.81. The Labute approximate surface area is 189 Å². The molecule has 0 spiro atoms. The fraction of sp³-hybridized carbons (Fsp3) is 0.160. The molecule has 0 aliphatic heterocycles. The van der Waals surface area contributed by atoms with Gasteiger partial charge < -0.3 is 9.84 Å². The molecule has 0 saturated heterocycles. The minimum Gasteiger partial charge on any atom is -0.482 e. The van der Waals surface area contributed by atoms with E-state index < -0.39 is 5.97 Å². The molecule has 0 fully saturated rings. The van der Waals surface area contributed by atoms with E-state index >= 15 is 0 Å². The zero-order valence-corrected chi connectivity index (χ0v) is 19.1. The van der Waals surface area contributed by atoms with Gasteiger partial charge in [0.1, 0.15) is 5.75 Å². The molecule has 0 bridgehead atoms. The lowest BCUT2D eigenvalue weighted by Gasteiger charge is -2.11. The Balaban J connectivity index is 1.77. The summed E-state index contributed by atoms with van der Waals surface area (Å²) in [5.41, 5.74) is 4.94. The maximum Gasteiger partial charge on any atom is 0.341 e. The molecular formula is C25H23BrO3S. The molecular weight excluding hydrogens is 460 g/mol. The lowest BCUT2D eigenvalue weighted by atomic mass is 9.96. The first-order chi connectivity index (χ1) is 14.6. The smallest absolute Gasteiger partial charge is 0.341 e. The van der Waals surface area contributed by atoms with Crippen molar-refractivity contribution in [2.75, 3.05) is 12.4 Å². The van der Waals surface area contributed by atoms with Crippen LogP contribution in [-0.4, -0.2) is 23.4 Å². The second-order valence-corrected chi connectivity index (χ2v) is 8.54. The Morgan fingerprint density at radius 2 is 1.73 bits per heavy atom. The molecule has 3 aromatic rings. The van der Waals surface area contributed by atoms with Crippen LogP contribution in [0.25, 0.3) is 5.57 Å². The van der Waals surface area contributed by atoms with Crippen molar-refractivity contribution in [3.63, 3.8) is 0 Å². The predicted molar refractivity (Wildman–Crippen MR) is 127 cm³/mol. The van der Waals surface area contributed by atoms with E-state index in [2.05, 4.69) is 77.5 Å². The summed E-state index contributed by atoms with van der Waals surface area (Å²) in [5, 5.41) is 8.74. The van der Waals surface area contributed by atoms with Gasteiger partial charge in [0.25, 0.3) is 0 Å². The summed E-state index contributed by atoms with van der Waals surface area (Å²) >= 11 is 5.27. The van der Waals surface area contributed by atoms with Crippen molar-refractivity contribution in [1.82, 2.24) is 0 Å². The average Bonchev–Trinajstić information content (AvgIpc) is 2.77. The van der Waals surface area contributed by atoms with Crippen molar-refractivity contribution in [3.05, 3.63) is 100 Å². The van der Waals surface area contributed by atoms with Gasteiger partial charge in [-0.25, -0.2) is 4.79 Å². The second kappa shape index (κ2) is 11.0. The maximum atomic E-state index is 10.7. The van der Waals surface area contributed by atoms with Gasteiger partial charge in [0.05, 0.1) is 0 Å². The van der Waals surface area contributed by atoms with E-state index in [9.17, 15) is 4.79 Å². The Morgan fingerprint density at radius 3 is 2.37 bits per heavy atom. The van der Waals surface area contributed by atoms with E-state index in [0.717, 1.165) is 21.5 Å². The molecule has 0 aliphatic rings. The molecule has 0 saturated carbocycles. The minimum atomic E-state index is -0.991. The van der Waals surface area contributed by atoms with Crippen LogP contribution in [0.2, 0.25) is 0 Å². The van der Waals surface area contributed by atoms with Crippen LogP contribution in [0.5, 0.6) is 5.75 Å². The Hall–Kier alpha value is -2.50. The summed E-state index contributed by atoms with van der Waals surface area (Å²) in [5.74, 6) is 0.341. The summed E-state index contributed by atoms with van der Waals surface area (Å²) in [7, 11) is 0. The van der Waals surface area contributed by atoms with Crippen LogP contribution in [0.1, 0.15) is 23.6 Å². The summed E-state index contributed by atoms with van der Waals surface area (Å²) in [4.78, 5) is 11.7. The number of ether oxygens (including phenoxy) is 1. The Morgan fingerprint density at radius 1 is 1.03 bits per heavy atom. The molecule has 154 valence electrons. The maximum absolute atomic E-state index is 10.7. The van der Waals surface area contributed by atoms with Crippen molar-refractivity contribution in [1.29, 1.82) is 0 Å². The zero-order valence-electron chi connectivity index (χ0n) is 16.7. The minimum absolute atomic E-state index is 0.348. The standard InChI is InChI=1S/C25H23BrO3S/c1-2-18-8-10-20(11-9-18)22(19-6-4-3-5-7-19)14-15-30-24-13-12-21(16-23(24)26)29-17-25(27)28/h3-14,16H,2,15,17H2,1H3,(H,27,28)/b22-14-. The molecule has 1 N–H and O–H groups in total. The van der Waals surface area contributed by atoms with Gasteiger partial charge in [-0.3, -0.25) is 0 Å². The normalized spacial score (nSPS) is 11.3. The lowest BCUT2D eigenvalue weighted by molar-refractivity contribution is -0.139. The van der Waals surface area contributed by atoms with Crippen molar-refractivity contribution < 1.29 is 14.6 Å². The summed E-state index contributed by atoms with van der Waals surface area (Å²) < 4.78 is 6.12. The van der Waals surface area contributed by atoms with Gasteiger partial charge in [0.15, 0.2) is 6.61 Å². The van der Waals surface area contributed by atoms with Crippen LogP contribution in [-0.2, 0) is 11.2 Å². The molecule has 0 unspecified atom stereocenters. The highest BCUT2D eigenvalue weighted by Crippen LogP contribution is 2.32. The van der Waals surface area contributed by atoms with Gasteiger partial charge in [-0.15, -0.1) is 11.8 Å². The average molecular weight is 483 g/mol. The predicted octanol–water partition coefficient (Wildman–Crippen LogP) is 6.70. The van der Waals surface area contributed by atoms with Gasteiger partial charge in [0.2, 0.25) is 0 Å². The first kappa shape index (κ1) is 22.2. The number of carboxylic acid groups (broad SMARTS) is 1. The third kappa shape index (κ3) is 6.25. The molecule has 0 amide bonds. The monoisotopic (exact) mass is 482 g/mol. The molecule has 3 rings (SSSR count). The van der Waals surface area contributed by atoms with E-state index in [1.807, 2.05) is 12.1 Å². The van der Waals surface area contributed by atoms with Gasteiger partial charge in [-0.1, -0.05) is 67.6 Å². The number of hydrogen-bond acceptors (Lipinski definition) is 3. The van der Waals surface area contributed by atoms with Gasteiger partial charge >= 0.3 is 5.97 Å². The highest BCUT2D eigenvalue weighted by atomic mass is 79.9. The third-order valence-corrected chi connectivity index (χ3v) is 6.47. The van der Waals surface area contributed by atoms with Gasteiger partial charge in [-0.05, 0) is 62.8 Å². The van der Waals surface area contributed by atoms with Crippen LogP contribution in [0.3, 0.4) is 0 Å². The van der Waals surface area contributed by atoms with Crippen LogP contribution in [0.4, 0.5) is 0 Å². The molecule has 0 atom stereocenters. The molecule has 3 aromatic carbocycles. The Bertz CT molecular complexity index is 1010. The van der Waals surface area contributed by atoms with Crippen LogP contribution in [0.15, 0.2) is 88.2 Å². The number of carboxylic acids is 1. The number of rotatable bonds is 9. The van der Waals surface area contributed by atoms with E-state index in [4.69, 9.17) is 9.84 Å². The highest BCUT2D eigenvalue weighted by Gasteiger charge is 2.07. The number of aryl methyl sites for hydroxylation is 1. The Kier molecular flexibility index (Phi) is 8.17. The SMILES string of the molecule is CCc1ccc(/C(=C\CSc2ccc(OCC(=O)O)cc2Br)c2ccccc2)cc1. The third-order valence-electron chi connectivity index (χ3n) is 4.55. The first-order valence-electron chi connectivity index (χ1n) is 9.68. The number of carbonyl (C=O) groups is 1. The molecule has 3 nitrogen and oxygen atoms in total. The van der Waals surface area contributed by atoms with Crippen molar-refractivity contribution >= 4 is 39.2 Å². The number of hydrogen-bond donors (Lipinski definition) is 1. The zero-order chi connectivity index (χ0) is 21.3. The summed E-state index contributed by atoms with van der Waals surface area (Å²) in [6, 6.07) is 24.7. The topological polar surface area (TPSA) is 46.5 Å². The molecule has 5 heteroatoms. The van der Waals surface area contributed by atoms with E-state index in [0.29, 0.717) is 5.75 Å². The first-order valence-corrected chi connectivity index (χ1v) is 11.5. The number of thioether (sulfide) groups is 1. The number of halogens is 1. The molecule has 0 aliphatic carbocycles. The van der Waals surface area contributed by atoms with Crippen molar-refractivity contribution in [3.8, 4) is 5.75 Å². The van der Waals surface area contributed by atoms with E-state index in [1.54, 1.807) is 23.9 Å². The van der Waals surface area contributed by atoms with E-state index in [1.165, 1.54) is 22.3 Å². The van der Waals surface area contributed by atoms with Gasteiger partial charge in [-0.2, -0.15) is 0 Å². The molecule has 0 aromatic heterocycles. The molecule has 0 radical (unpaired) electrons. The molecule has 0 heterocycles. The summed E-state index contributed by atoms with van der Waals surface area (Å²) in [6.07, 6.45) is 3.28. The highest BCUT2D eigenvalue weighted by molar-refractivity contribution is 9.10. The number of benzene rings is 3. The van der Waals surface area contributed by atoms with Crippen molar-refractivity contribution in [2.24, 2.45) is 0 Å². The van der Waals surface area contributed by atoms with Gasteiger partial charge in [0, 0.05) is 15.1 Å². The second-order valence-electron chi connectivity index (χ2n) is 6.62. The fourth-order valence-corrected chi connectivity index (χ4v) is 4.48. The largest absolute Gasteiger partial charge is 0.482 e. The van der Waals surface area contributed by atoms with Crippen LogP contribution in [0, 0.1) is 0 Å². The number of aliphatic carboxylic acids is 1. The molecule has 30 heavy (non-hydrogen) atoms. The quantitative estimate of drug-likeness (QED) is 0.344. The van der Waals surface area contributed by atoms with E-state index in [-0.39, 0.29) is 6.61 Å².